The number of carbonyl (C=O) groups is 1. The number of hydrogen-bond donors (Lipinski definition) is 1. The molecule has 0 saturated carbocycles. The van der Waals surface area contributed by atoms with E-state index >= 15 is 0 Å². The summed E-state index contributed by atoms with van der Waals surface area (Å²) in [6.07, 6.45) is 2.94. The number of ether oxygens (including phenoxy) is 1. The Morgan fingerprint density at radius 1 is 0.744 bits per heavy atom. The van der Waals surface area contributed by atoms with E-state index in [1.54, 1.807) is 12.1 Å². The summed E-state index contributed by atoms with van der Waals surface area (Å²) < 4.78 is 47.4. The lowest BCUT2D eigenvalue weighted by atomic mass is 10.0. The van der Waals surface area contributed by atoms with Gasteiger partial charge in [0.2, 0.25) is 0 Å². The van der Waals surface area contributed by atoms with Crippen LogP contribution in [-0.2, 0) is 13.1 Å². The van der Waals surface area contributed by atoms with Gasteiger partial charge >= 0.3 is 0 Å². The molecule has 206 valence electrons. The topological polar surface area (TPSA) is 44.8 Å². The molecule has 3 aromatic carbocycles. The summed E-state index contributed by atoms with van der Waals surface area (Å²) >= 11 is 0. The predicted octanol–water partition coefficient (Wildman–Crippen LogP) is 5.54. The fraction of sp³-hybridized carbons (Fsp3) is 0.387. The van der Waals surface area contributed by atoms with Crippen molar-refractivity contribution in [3.05, 3.63) is 101 Å². The smallest absolute Gasteiger partial charge is 0.251 e. The van der Waals surface area contributed by atoms with Crippen molar-refractivity contribution in [3.8, 4) is 5.75 Å². The highest BCUT2D eigenvalue weighted by Gasteiger charge is 2.24. The molecule has 0 spiro atoms. The van der Waals surface area contributed by atoms with E-state index in [0.29, 0.717) is 38.0 Å². The summed E-state index contributed by atoms with van der Waals surface area (Å²) in [4.78, 5) is 17.3. The van der Waals surface area contributed by atoms with Gasteiger partial charge in [0.25, 0.3) is 5.91 Å². The molecule has 2 aliphatic heterocycles. The fourth-order valence-electron chi connectivity index (χ4n) is 5.34. The number of piperidine rings is 2. The van der Waals surface area contributed by atoms with Crippen molar-refractivity contribution in [1.29, 1.82) is 0 Å². The highest BCUT2D eigenvalue weighted by atomic mass is 19.2. The van der Waals surface area contributed by atoms with Crippen molar-refractivity contribution in [2.75, 3.05) is 26.2 Å². The minimum Gasteiger partial charge on any atom is -0.487 e. The number of benzene rings is 3. The van der Waals surface area contributed by atoms with Crippen LogP contribution in [0.1, 0.15) is 47.2 Å². The maximum absolute atomic E-state index is 14.8. The van der Waals surface area contributed by atoms with Gasteiger partial charge in [0.15, 0.2) is 23.2 Å². The molecule has 1 amide bonds. The lowest BCUT2D eigenvalue weighted by Crippen LogP contribution is -2.44. The molecule has 1 N–H and O–H groups in total. The number of nitrogens with zero attached hydrogens (tertiary/aromatic N) is 2. The van der Waals surface area contributed by atoms with Gasteiger partial charge in [-0.2, -0.15) is 0 Å². The van der Waals surface area contributed by atoms with Crippen LogP contribution in [0.3, 0.4) is 0 Å². The molecular weight excluding hydrogens is 503 g/mol. The molecule has 5 rings (SSSR count). The number of rotatable bonds is 8. The largest absolute Gasteiger partial charge is 0.487 e. The number of amides is 1. The molecule has 2 saturated heterocycles. The lowest BCUT2D eigenvalue weighted by Gasteiger charge is -2.32. The Labute approximate surface area is 227 Å². The standard InChI is InChI=1S/C31H34F3N3O2/c32-27-8-6-23(18-28(27)33)21-37-16-12-26(13-17-37)39-30-9-7-24(19-29(30)34)31(38)35-25-10-14-36(15-11-25)20-22-4-2-1-3-5-22/h1-9,18-19,25-26H,10-17,20-21H2,(H,35,38). The zero-order chi connectivity index (χ0) is 27.2. The van der Waals surface area contributed by atoms with Gasteiger partial charge in [-0.15, -0.1) is 0 Å². The average Bonchev–Trinajstić information content (AvgIpc) is 2.94. The second kappa shape index (κ2) is 12.7. The Balaban J connectivity index is 1.06. The van der Waals surface area contributed by atoms with E-state index in [4.69, 9.17) is 4.74 Å². The minimum absolute atomic E-state index is 0.0695. The van der Waals surface area contributed by atoms with Crippen molar-refractivity contribution in [2.24, 2.45) is 0 Å². The Morgan fingerprint density at radius 3 is 2.08 bits per heavy atom. The van der Waals surface area contributed by atoms with Crippen LogP contribution in [0.15, 0.2) is 66.7 Å². The number of hydrogen-bond acceptors (Lipinski definition) is 4. The van der Waals surface area contributed by atoms with Crippen molar-refractivity contribution in [1.82, 2.24) is 15.1 Å². The molecule has 2 fully saturated rings. The number of nitrogens with one attached hydrogen (secondary N) is 1. The lowest BCUT2D eigenvalue weighted by molar-refractivity contribution is 0.0904. The summed E-state index contributed by atoms with van der Waals surface area (Å²) in [6.45, 7) is 4.64. The Morgan fingerprint density at radius 2 is 1.41 bits per heavy atom. The van der Waals surface area contributed by atoms with E-state index < -0.39 is 17.5 Å². The zero-order valence-corrected chi connectivity index (χ0v) is 21.9. The van der Waals surface area contributed by atoms with Crippen molar-refractivity contribution in [3.63, 3.8) is 0 Å². The molecule has 0 radical (unpaired) electrons. The van der Waals surface area contributed by atoms with E-state index in [2.05, 4.69) is 27.2 Å². The molecule has 0 aromatic heterocycles. The van der Waals surface area contributed by atoms with Gasteiger partial charge < -0.3 is 10.1 Å². The Bertz CT molecular complexity index is 1260. The number of carbonyl (C=O) groups excluding carboxylic acids is 1. The third kappa shape index (κ3) is 7.40. The Hall–Kier alpha value is -3.36. The second-order valence-corrected chi connectivity index (χ2v) is 10.5. The van der Waals surface area contributed by atoms with Crippen LogP contribution in [-0.4, -0.2) is 54.0 Å². The van der Waals surface area contributed by atoms with E-state index in [1.165, 1.54) is 23.8 Å². The SMILES string of the molecule is O=C(NC1CCN(Cc2ccccc2)CC1)c1ccc(OC2CCN(Cc3ccc(F)c(F)c3)CC2)c(F)c1. The summed E-state index contributed by atoms with van der Waals surface area (Å²) in [5.41, 5.74) is 2.28. The van der Waals surface area contributed by atoms with Gasteiger partial charge in [-0.3, -0.25) is 14.6 Å². The molecule has 0 unspecified atom stereocenters. The van der Waals surface area contributed by atoms with Crippen molar-refractivity contribution < 1.29 is 22.7 Å². The Kier molecular flexibility index (Phi) is 8.84. The highest BCUT2D eigenvalue weighted by molar-refractivity contribution is 5.94. The van der Waals surface area contributed by atoms with Crippen molar-refractivity contribution >= 4 is 5.91 Å². The van der Waals surface area contributed by atoms with Gasteiger partial charge in [-0.05, 0) is 67.1 Å². The molecule has 0 aliphatic carbocycles. The quantitative estimate of drug-likeness (QED) is 0.410. The predicted molar refractivity (Wildman–Crippen MR) is 144 cm³/mol. The molecule has 0 atom stereocenters. The van der Waals surface area contributed by atoms with Crippen LogP contribution >= 0.6 is 0 Å². The van der Waals surface area contributed by atoms with E-state index in [0.717, 1.165) is 38.5 Å². The van der Waals surface area contributed by atoms with Crippen LogP contribution in [0.2, 0.25) is 0 Å². The van der Waals surface area contributed by atoms with Crippen LogP contribution in [0.25, 0.3) is 0 Å². The van der Waals surface area contributed by atoms with Gasteiger partial charge in [0, 0.05) is 50.9 Å². The number of likely N-dealkylation sites (tertiary alicyclic amines) is 2. The first-order valence-electron chi connectivity index (χ1n) is 13.6. The molecule has 0 bridgehead atoms. The normalized spacial score (nSPS) is 17.7. The van der Waals surface area contributed by atoms with Gasteiger partial charge in [0.1, 0.15) is 6.10 Å². The van der Waals surface area contributed by atoms with Gasteiger partial charge in [-0.1, -0.05) is 36.4 Å². The van der Waals surface area contributed by atoms with E-state index in [-0.39, 0.29) is 29.4 Å². The number of halogens is 3. The molecule has 5 nitrogen and oxygen atoms in total. The summed E-state index contributed by atoms with van der Waals surface area (Å²) in [7, 11) is 0. The minimum atomic E-state index is -0.851. The molecular formula is C31H34F3N3O2. The van der Waals surface area contributed by atoms with Crippen LogP contribution in [0, 0.1) is 17.5 Å². The maximum Gasteiger partial charge on any atom is 0.251 e. The first-order valence-corrected chi connectivity index (χ1v) is 13.6. The molecule has 2 aliphatic rings. The third-order valence-corrected chi connectivity index (χ3v) is 7.58. The first kappa shape index (κ1) is 27.2. The molecule has 39 heavy (non-hydrogen) atoms. The van der Waals surface area contributed by atoms with E-state index in [1.807, 2.05) is 18.2 Å². The average molecular weight is 538 g/mol. The molecule has 8 heteroatoms. The van der Waals surface area contributed by atoms with Crippen LogP contribution in [0.4, 0.5) is 13.2 Å². The fourth-order valence-corrected chi connectivity index (χ4v) is 5.34. The highest BCUT2D eigenvalue weighted by Crippen LogP contribution is 2.24. The summed E-state index contributed by atoms with van der Waals surface area (Å²) in [6, 6.07) is 18.7. The maximum atomic E-state index is 14.8. The first-order chi connectivity index (χ1) is 18.9. The second-order valence-electron chi connectivity index (χ2n) is 10.5. The van der Waals surface area contributed by atoms with Crippen LogP contribution < -0.4 is 10.1 Å². The third-order valence-electron chi connectivity index (χ3n) is 7.58. The van der Waals surface area contributed by atoms with E-state index in [9.17, 15) is 18.0 Å². The monoisotopic (exact) mass is 537 g/mol. The van der Waals surface area contributed by atoms with Crippen molar-refractivity contribution in [2.45, 2.75) is 50.9 Å². The summed E-state index contributed by atoms with van der Waals surface area (Å²) in [5.74, 6) is -2.38. The zero-order valence-electron chi connectivity index (χ0n) is 21.9. The molecule has 3 aromatic rings. The van der Waals surface area contributed by atoms with Gasteiger partial charge in [-0.25, -0.2) is 13.2 Å². The van der Waals surface area contributed by atoms with Gasteiger partial charge in [0.05, 0.1) is 0 Å². The summed E-state index contributed by atoms with van der Waals surface area (Å²) in [5, 5.41) is 3.06. The van der Waals surface area contributed by atoms with Crippen LogP contribution in [0.5, 0.6) is 5.75 Å². The molecule has 2 heterocycles.